The van der Waals surface area contributed by atoms with Gasteiger partial charge in [-0.05, 0) is 39.8 Å². The van der Waals surface area contributed by atoms with Crippen molar-refractivity contribution in [2.24, 2.45) is 0 Å². The molecule has 0 radical (unpaired) electrons. The molecule has 6 heteroatoms. The summed E-state index contributed by atoms with van der Waals surface area (Å²) in [5.74, 6) is 0.836. The number of carbonyl (C=O) groups is 1. The van der Waals surface area contributed by atoms with Crippen LogP contribution in [0.25, 0.3) is 21.5 Å². The first-order chi connectivity index (χ1) is 19.2. The fraction of sp³-hybridized carbons (Fsp3) is 0.273. The summed E-state index contributed by atoms with van der Waals surface area (Å²) in [6.45, 7) is 5.75. The number of carbonyl (C=O) groups excluding carboxylic acids is 1. The van der Waals surface area contributed by atoms with Crippen molar-refractivity contribution in [2.45, 2.75) is 45.9 Å². The number of nitrogens with one attached hydrogen (secondary N) is 1. The van der Waals surface area contributed by atoms with Crippen LogP contribution in [0.2, 0.25) is 0 Å². The second-order valence-electron chi connectivity index (χ2n) is 10.3. The molecule has 4 aromatic carbocycles. The maximum atomic E-state index is 13.7. The monoisotopic (exact) mass is 518 g/mol. The molecule has 0 bridgehead atoms. The number of aryl methyl sites for hydroxylation is 1. The predicted molar refractivity (Wildman–Crippen MR) is 156 cm³/mol. The number of ether oxygens (including phenoxy) is 1. The Labute approximate surface area is 229 Å². The van der Waals surface area contributed by atoms with Gasteiger partial charge in [0, 0.05) is 50.1 Å². The first kappa shape index (κ1) is 25.1. The molecular weight excluding hydrogens is 484 g/mol. The summed E-state index contributed by atoms with van der Waals surface area (Å²) < 4.78 is 7.52. The maximum Gasteiger partial charge on any atom is 0.270 e. The lowest BCUT2D eigenvalue weighted by molar-refractivity contribution is 0.0937. The van der Waals surface area contributed by atoms with Gasteiger partial charge in [-0.15, -0.1) is 0 Å². The molecule has 1 aromatic heterocycles. The summed E-state index contributed by atoms with van der Waals surface area (Å²) in [5, 5.41) is 12.8. The van der Waals surface area contributed by atoms with Crippen molar-refractivity contribution < 1.29 is 9.53 Å². The van der Waals surface area contributed by atoms with Gasteiger partial charge in [-0.25, -0.2) is 0 Å². The third kappa shape index (κ3) is 4.88. The highest BCUT2D eigenvalue weighted by Gasteiger charge is 2.28. The van der Waals surface area contributed by atoms with Crippen LogP contribution in [0.5, 0.6) is 5.75 Å². The third-order valence-corrected chi connectivity index (χ3v) is 7.74. The molecule has 1 amide bonds. The van der Waals surface area contributed by atoms with Crippen LogP contribution in [0.4, 0.5) is 0 Å². The van der Waals surface area contributed by atoms with Crippen molar-refractivity contribution in [1.29, 1.82) is 0 Å². The average Bonchev–Trinajstić information content (AvgIpc) is 3.33. The molecule has 0 saturated heterocycles. The first-order valence-corrected chi connectivity index (χ1v) is 13.8. The minimum atomic E-state index is -0.0538. The number of hydrogen-bond donors (Lipinski definition) is 1. The van der Waals surface area contributed by atoms with E-state index in [2.05, 4.69) is 71.7 Å². The molecule has 2 heterocycles. The van der Waals surface area contributed by atoms with Gasteiger partial charge in [0.05, 0.1) is 12.8 Å². The molecule has 0 aliphatic carbocycles. The van der Waals surface area contributed by atoms with Crippen LogP contribution < -0.4 is 10.1 Å². The van der Waals surface area contributed by atoms with E-state index >= 15 is 0 Å². The van der Waals surface area contributed by atoms with Crippen molar-refractivity contribution in [1.82, 2.24) is 20.0 Å². The van der Waals surface area contributed by atoms with Crippen molar-refractivity contribution in [3.8, 4) is 5.75 Å². The fourth-order valence-electron chi connectivity index (χ4n) is 5.84. The van der Waals surface area contributed by atoms with Crippen LogP contribution in [0.3, 0.4) is 0 Å². The Balaban J connectivity index is 1.26. The van der Waals surface area contributed by atoms with Crippen molar-refractivity contribution in [3.63, 3.8) is 0 Å². The Bertz CT molecular complexity index is 1650. The molecule has 0 spiro atoms. The number of hydrogen-bond acceptors (Lipinski definition) is 4. The van der Waals surface area contributed by atoms with Crippen LogP contribution in [0.15, 0.2) is 78.9 Å². The third-order valence-electron chi connectivity index (χ3n) is 7.74. The SMILES string of the molecule is CCCn1nc2c(c1C(=O)NCc1cccc3ccccc13)CN(Cc1ccc(OC)c3ccccc13)CC2. The maximum absolute atomic E-state index is 13.7. The molecule has 1 N–H and O–H groups in total. The zero-order valence-corrected chi connectivity index (χ0v) is 22.6. The van der Waals surface area contributed by atoms with Gasteiger partial charge in [-0.3, -0.25) is 14.4 Å². The summed E-state index contributed by atoms with van der Waals surface area (Å²) in [7, 11) is 1.72. The van der Waals surface area contributed by atoms with E-state index in [9.17, 15) is 4.79 Å². The van der Waals surface area contributed by atoms with E-state index in [1.165, 1.54) is 21.7 Å². The molecule has 0 unspecified atom stereocenters. The van der Waals surface area contributed by atoms with Crippen LogP contribution in [-0.2, 0) is 32.6 Å². The first-order valence-electron chi connectivity index (χ1n) is 13.8. The Morgan fingerprint density at radius 1 is 0.923 bits per heavy atom. The Morgan fingerprint density at radius 2 is 1.69 bits per heavy atom. The standard InChI is InChI=1S/C33H34N4O2/c1-3-18-37-32(33(38)34-20-24-11-8-10-23-9-4-5-12-26(23)24)29-22-36(19-17-30(29)35-37)21-25-15-16-31(39-2)28-14-7-6-13-27(25)28/h4-16H,3,17-22H2,1-2H3,(H,34,38). The molecule has 0 fully saturated rings. The zero-order valence-electron chi connectivity index (χ0n) is 22.6. The van der Waals surface area contributed by atoms with Gasteiger partial charge in [0.2, 0.25) is 0 Å². The average molecular weight is 519 g/mol. The Hall–Kier alpha value is -4.16. The molecule has 6 rings (SSSR count). The van der Waals surface area contributed by atoms with E-state index in [1.54, 1.807) is 7.11 Å². The van der Waals surface area contributed by atoms with Gasteiger partial charge in [-0.1, -0.05) is 79.7 Å². The smallest absolute Gasteiger partial charge is 0.270 e. The number of benzene rings is 4. The highest BCUT2D eigenvalue weighted by molar-refractivity contribution is 5.95. The minimum Gasteiger partial charge on any atom is -0.496 e. The van der Waals surface area contributed by atoms with Gasteiger partial charge in [0.15, 0.2) is 0 Å². The lowest BCUT2D eigenvalue weighted by Crippen LogP contribution is -2.32. The van der Waals surface area contributed by atoms with Crippen molar-refractivity contribution >= 4 is 27.5 Å². The van der Waals surface area contributed by atoms with E-state index in [-0.39, 0.29) is 5.91 Å². The summed E-state index contributed by atoms with van der Waals surface area (Å²) >= 11 is 0. The molecule has 0 saturated carbocycles. The van der Waals surface area contributed by atoms with Gasteiger partial charge in [0.25, 0.3) is 5.91 Å². The summed E-state index contributed by atoms with van der Waals surface area (Å²) in [5.41, 5.74) is 5.19. The molecule has 1 aliphatic rings. The lowest BCUT2D eigenvalue weighted by Gasteiger charge is -2.27. The normalized spacial score (nSPS) is 13.5. The van der Waals surface area contributed by atoms with E-state index in [0.29, 0.717) is 18.8 Å². The fourth-order valence-corrected chi connectivity index (χ4v) is 5.84. The van der Waals surface area contributed by atoms with Crippen LogP contribution in [0.1, 0.15) is 46.2 Å². The van der Waals surface area contributed by atoms with E-state index in [1.807, 2.05) is 28.9 Å². The zero-order chi connectivity index (χ0) is 26.8. The number of rotatable bonds is 8. The summed E-state index contributed by atoms with van der Waals surface area (Å²) in [6, 6.07) is 27.2. The number of aromatic nitrogens is 2. The second-order valence-corrected chi connectivity index (χ2v) is 10.3. The summed E-state index contributed by atoms with van der Waals surface area (Å²) in [4.78, 5) is 16.1. The van der Waals surface area contributed by atoms with Crippen molar-refractivity contribution in [3.05, 3.63) is 107 Å². The lowest BCUT2D eigenvalue weighted by atomic mass is 10.0. The number of methoxy groups -OCH3 is 1. The van der Waals surface area contributed by atoms with Crippen LogP contribution in [-0.4, -0.2) is 34.2 Å². The van der Waals surface area contributed by atoms with E-state index < -0.39 is 0 Å². The summed E-state index contributed by atoms with van der Waals surface area (Å²) in [6.07, 6.45) is 1.76. The minimum absolute atomic E-state index is 0.0538. The molecule has 5 aromatic rings. The highest BCUT2D eigenvalue weighted by Crippen LogP contribution is 2.31. The van der Waals surface area contributed by atoms with Crippen LogP contribution in [0, 0.1) is 0 Å². The highest BCUT2D eigenvalue weighted by atomic mass is 16.5. The Morgan fingerprint density at radius 3 is 2.51 bits per heavy atom. The van der Waals surface area contributed by atoms with Crippen molar-refractivity contribution in [2.75, 3.05) is 13.7 Å². The van der Waals surface area contributed by atoms with Gasteiger partial charge >= 0.3 is 0 Å². The second kappa shape index (κ2) is 10.9. The number of nitrogens with zero attached hydrogens (tertiary/aromatic N) is 3. The van der Waals surface area contributed by atoms with Crippen LogP contribution >= 0.6 is 0 Å². The largest absolute Gasteiger partial charge is 0.496 e. The molecule has 39 heavy (non-hydrogen) atoms. The predicted octanol–water partition coefficient (Wildman–Crippen LogP) is 6.10. The van der Waals surface area contributed by atoms with Gasteiger partial charge in [-0.2, -0.15) is 5.10 Å². The van der Waals surface area contributed by atoms with E-state index in [0.717, 1.165) is 60.4 Å². The molecular formula is C33H34N4O2. The Kier molecular flexibility index (Phi) is 7.03. The molecule has 6 nitrogen and oxygen atoms in total. The van der Waals surface area contributed by atoms with Gasteiger partial charge in [0.1, 0.15) is 11.4 Å². The molecule has 1 aliphatic heterocycles. The quantitative estimate of drug-likeness (QED) is 0.270. The topological polar surface area (TPSA) is 59.4 Å². The van der Waals surface area contributed by atoms with Gasteiger partial charge < -0.3 is 10.1 Å². The van der Waals surface area contributed by atoms with E-state index in [4.69, 9.17) is 9.84 Å². The molecule has 198 valence electrons. The number of amides is 1. The molecule has 0 atom stereocenters. The number of fused-ring (bicyclic) bond motifs is 3.